The van der Waals surface area contributed by atoms with Gasteiger partial charge in [0.15, 0.2) is 0 Å². The highest BCUT2D eigenvalue weighted by Gasteiger charge is 2.24. The summed E-state index contributed by atoms with van der Waals surface area (Å²) in [5.41, 5.74) is 2.11. The predicted molar refractivity (Wildman–Crippen MR) is 124 cm³/mol. The van der Waals surface area contributed by atoms with Crippen molar-refractivity contribution in [1.82, 2.24) is 15.4 Å². The molecule has 1 aliphatic heterocycles. The van der Waals surface area contributed by atoms with Crippen LogP contribution in [0.3, 0.4) is 0 Å². The van der Waals surface area contributed by atoms with Gasteiger partial charge in [-0.2, -0.15) is 0 Å². The van der Waals surface area contributed by atoms with E-state index in [4.69, 9.17) is 27.7 Å². The molecule has 2 amide bonds. The van der Waals surface area contributed by atoms with Crippen LogP contribution in [-0.4, -0.2) is 48.0 Å². The Morgan fingerprint density at radius 1 is 1.09 bits per heavy atom. The highest BCUT2D eigenvalue weighted by atomic mass is 35.5. The van der Waals surface area contributed by atoms with Crippen LogP contribution in [0.2, 0.25) is 10.0 Å². The fourth-order valence-corrected chi connectivity index (χ4v) is 4.14. The average molecular weight is 473 g/mol. The first-order valence-electron chi connectivity index (χ1n) is 10.3. The summed E-state index contributed by atoms with van der Waals surface area (Å²) in [5, 5.41) is 10.8. The van der Waals surface area contributed by atoms with Gasteiger partial charge in [-0.25, -0.2) is 0 Å². The van der Waals surface area contributed by atoms with Crippen molar-refractivity contribution in [3.05, 3.63) is 69.4 Å². The van der Waals surface area contributed by atoms with Crippen molar-refractivity contribution in [2.24, 2.45) is 0 Å². The lowest BCUT2D eigenvalue weighted by Gasteiger charge is -2.20. The minimum atomic E-state index is -0.410. The summed E-state index contributed by atoms with van der Waals surface area (Å²) >= 11 is 12.7. The Hall–Kier alpha value is -2.87. The van der Waals surface area contributed by atoms with E-state index in [-0.39, 0.29) is 16.5 Å². The third-order valence-corrected chi connectivity index (χ3v) is 5.95. The third-order valence-electron chi connectivity index (χ3n) is 5.30. The van der Waals surface area contributed by atoms with E-state index >= 15 is 0 Å². The first-order valence-corrected chi connectivity index (χ1v) is 11.0. The first-order chi connectivity index (χ1) is 15.5. The Kier molecular flexibility index (Phi) is 6.79. The Balaban J connectivity index is 1.55. The van der Waals surface area contributed by atoms with Crippen LogP contribution in [0.25, 0.3) is 11.3 Å². The van der Waals surface area contributed by atoms with Crippen molar-refractivity contribution in [1.29, 1.82) is 0 Å². The normalized spacial score (nSPS) is 14.2. The van der Waals surface area contributed by atoms with Crippen LogP contribution in [0, 0.1) is 6.92 Å². The number of aromatic nitrogens is 1. The zero-order valence-electron chi connectivity index (χ0n) is 17.5. The molecule has 1 saturated heterocycles. The smallest absolute Gasteiger partial charge is 0.261 e. The Labute approximate surface area is 195 Å². The van der Waals surface area contributed by atoms with E-state index in [9.17, 15) is 9.59 Å². The van der Waals surface area contributed by atoms with Gasteiger partial charge < -0.3 is 20.1 Å². The van der Waals surface area contributed by atoms with E-state index < -0.39 is 5.91 Å². The predicted octanol–water partition coefficient (Wildman–Crippen LogP) is 4.64. The number of amides is 2. The third kappa shape index (κ3) is 4.65. The Morgan fingerprint density at radius 2 is 1.91 bits per heavy atom. The van der Waals surface area contributed by atoms with Gasteiger partial charge in [-0.1, -0.05) is 46.6 Å². The molecule has 2 aromatic carbocycles. The Bertz CT molecular complexity index is 1150. The second-order valence-corrected chi connectivity index (χ2v) is 8.30. The minimum absolute atomic E-state index is 0.118. The van der Waals surface area contributed by atoms with Gasteiger partial charge in [0.25, 0.3) is 11.8 Å². The maximum absolute atomic E-state index is 13.0. The molecule has 0 atom stereocenters. The summed E-state index contributed by atoms with van der Waals surface area (Å²) in [4.78, 5) is 27.7. The maximum atomic E-state index is 13.0. The molecule has 2 heterocycles. The summed E-state index contributed by atoms with van der Waals surface area (Å²) in [6.45, 7) is 4.61. The van der Waals surface area contributed by atoms with Crippen molar-refractivity contribution < 1.29 is 14.1 Å². The summed E-state index contributed by atoms with van der Waals surface area (Å²) in [6.07, 6.45) is 0.892. The zero-order chi connectivity index (χ0) is 22.7. The number of nitrogens with zero attached hydrogens (tertiary/aromatic N) is 2. The molecule has 0 bridgehead atoms. The zero-order valence-corrected chi connectivity index (χ0v) is 19.0. The molecule has 3 aromatic rings. The molecule has 7 nitrogen and oxygen atoms in total. The topological polar surface area (TPSA) is 87.5 Å². The van der Waals surface area contributed by atoms with Gasteiger partial charge in [-0.15, -0.1) is 0 Å². The van der Waals surface area contributed by atoms with E-state index in [0.29, 0.717) is 46.4 Å². The second-order valence-electron chi connectivity index (χ2n) is 7.49. The van der Waals surface area contributed by atoms with Gasteiger partial charge in [0.05, 0.1) is 15.6 Å². The van der Waals surface area contributed by atoms with E-state index in [1.807, 2.05) is 6.07 Å². The lowest BCUT2D eigenvalue weighted by molar-refractivity contribution is 0.0766. The molecular formula is C23H22Cl2N4O3. The molecular weight excluding hydrogens is 451 g/mol. The quantitative estimate of drug-likeness (QED) is 0.577. The molecule has 0 radical (unpaired) electrons. The standard InChI is InChI=1S/C23H22Cl2N4O3/c1-14-20(21(28-32-14)16-5-2-3-6-18(16)24)22(30)27-15-7-8-17(19(25)13-15)23(31)29-11-4-9-26-10-12-29/h2-3,5-8,13,26H,4,9-12H2,1H3,(H,27,30). The van der Waals surface area contributed by atoms with Gasteiger partial charge in [-0.05, 0) is 44.2 Å². The SMILES string of the molecule is Cc1onc(-c2ccccc2Cl)c1C(=O)Nc1ccc(C(=O)N2CCCNCC2)c(Cl)c1. The van der Waals surface area contributed by atoms with Crippen molar-refractivity contribution in [2.45, 2.75) is 13.3 Å². The summed E-state index contributed by atoms with van der Waals surface area (Å²) in [6, 6.07) is 12.0. The van der Waals surface area contributed by atoms with Gasteiger partial charge in [0, 0.05) is 30.9 Å². The number of rotatable bonds is 4. The first kappa shape index (κ1) is 22.3. The van der Waals surface area contributed by atoms with E-state index in [0.717, 1.165) is 19.5 Å². The number of benzene rings is 2. The molecule has 1 aliphatic rings. The van der Waals surface area contributed by atoms with E-state index in [2.05, 4.69) is 15.8 Å². The lowest BCUT2D eigenvalue weighted by Crippen LogP contribution is -2.34. The highest BCUT2D eigenvalue weighted by Crippen LogP contribution is 2.32. The summed E-state index contributed by atoms with van der Waals surface area (Å²) in [5.74, 6) is -0.162. The molecule has 0 saturated carbocycles. The van der Waals surface area contributed by atoms with Gasteiger partial charge in [-0.3, -0.25) is 9.59 Å². The molecule has 9 heteroatoms. The van der Waals surface area contributed by atoms with Crippen LogP contribution in [0.15, 0.2) is 47.0 Å². The fourth-order valence-electron chi connectivity index (χ4n) is 3.66. The largest absolute Gasteiger partial charge is 0.360 e. The number of hydrogen-bond donors (Lipinski definition) is 2. The highest BCUT2D eigenvalue weighted by molar-refractivity contribution is 6.34. The second kappa shape index (κ2) is 9.73. The van der Waals surface area contributed by atoms with Crippen molar-refractivity contribution in [2.75, 3.05) is 31.5 Å². The number of nitrogens with one attached hydrogen (secondary N) is 2. The number of anilines is 1. The number of carbonyl (C=O) groups excluding carboxylic acids is 2. The molecule has 32 heavy (non-hydrogen) atoms. The average Bonchev–Trinajstić information content (AvgIpc) is 2.97. The molecule has 1 fully saturated rings. The Morgan fingerprint density at radius 3 is 2.69 bits per heavy atom. The van der Waals surface area contributed by atoms with Crippen LogP contribution >= 0.6 is 23.2 Å². The molecule has 4 rings (SSSR count). The minimum Gasteiger partial charge on any atom is -0.360 e. The van der Waals surface area contributed by atoms with E-state index in [1.54, 1.807) is 48.2 Å². The summed E-state index contributed by atoms with van der Waals surface area (Å²) in [7, 11) is 0. The monoisotopic (exact) mass is 472 g/mol. The lowest BCUT2D eigenvalue weighted by atomic mass is 10.1. The van der Waals surface area contributed by atoms with Crippen molar-refractivity contribution in [3.63, 3.8) is 0 Å². The van der Waals surface area contributed by atoms with Crippen LogP contribution in [0.5, 0.6) is 0 Å². The molecule has 0 unspecified atom stereocenters. The van der Waals surface area contributed by atoms with E-state index in [1.165, 1.54) is 0 Å². The molecule has 1 aromatic heterocycles. The maximum Gasteiger partial charge on any atom is 0.261 e. The van der Waals surface area contributed by atoms with Crippen molar-refractivity contribution >= 4 is 40.7 Å². The number of carbonyl (C=O) groups is 2. The van der Waals surface area contributed by atoms with Gasteiger partial charge >= 0.3 is 0 Å². The van der Waals surface area contributed by atoms with Gasteiger partial charge in [0.2, 0.25) is 0 Å². The van der Waals surface area contributed by atoms with Gasteiger partial charge in [0.1, 0.15) is 17.0 Å². The van der Waals surface area contributed by atoms with Crippen LogP contribution in [-0.2, 0) is 0 Å². The number of halogens is 2. The van der Waals surface area contributed by atoms with Crippen molar-refractivity contribution in [3.8, 4) is 11.3 Å². The molecule has 0 aliphatic carbocycles. The molecule has 166 valence electrons. The van der Waals surface area contributed by atoms with Crippen LogP contribution < -0.4 is 10.6 Å². The van der Waals surface area contributed by atoms with Crippen LogP contribution in [0.4, 0.5) is 5.69 Å². The summed E-state index contributed by atoms with van der Waals surface area (Å²) < 4.78 is 5.26. The molecule has 0 spiro atoms. The fraction of sp³-hybridized carbons (Fsp3) is 0.261. The van der Waals surface area contributed by atoms with Crippen LogP contribution in [0.1, 0.15) is 32.9 Å². The number of hydrogen-bond acceptors (Lipinski definition) is 5. The number of aryl methyl sites for hydroxylation is 1. The molecule has 2 N–H and O–H groups in total.